The average Bonchev–Trinajstić information content (AvgIpc) is 2.91. The first kappa shape index (κ1) is 23.6. The number of fused-ring (bicyclic) bond motifs is 1. The van der Waals surface area contributed by atoms with E-state index in [0.29, 0.717) is 25.2 Å². The standard InChI is InChI=1S/C30H27ClFNO2/c31-27-25(35-19-20-10-4-1-5-11-20)18-23-16-17-24(30(34)26(23)28(27)32)33-29(21-12-6-2-7-13-21)22-14-8-3-9-15-22/h1-15,18,24,29-30,33-34H,16-17,19H2/t24-,30+/m1/s1. The van der Waals surface area contributed by atoms with E-state index in [1.165, 1.54) is 0 Å². The van der Waals surface area contributed by atoms with Gasteiger partial charge in [0, 0.05) is 11.6 Å². The van der Waals surface area contributed by atoms with Crippen LogP contribution >= 0.6 is 11.6 Å². The van der Waals surface area contributed by atoms with Crippen LogP contribution in [0.15, 0.2) is 97.1 Å². The van der Waals surface area contributed by atoms with E-state index in [1.807, 2.05) is 66.7 Å². The molecule has 0 heterocycles. The van der Waals surface area contributed by atoms with Crippen molar-refractivity contribution in [3.05, 3.63) is 136 Å². The fraction of sp³-hybridized carbons (Fsp3) is 0.200. The van der Waals surface area contributed by atoms with E-state index in [1.54, 1.807) is 6.07 Å². The van der Waals surface area contributed by atoms with Crippen molar-refractivity contribution >= 4 is 11.6 Å². The fourth-order valence-corrected chi connectivity index (χ4v) is 4.98. The molecule has 4 aromatic rings. The van der Waals surface area contributed by atoms with Gasteiger partial charge in [-0.05, 0) is 41.2 Å². The predicted octanol–water partition coefficient (Wildman–Crippen LogP) is 6.79. The maximum absolute atomic E-state index is 15.5. The molecule has 4 aromatic carbocycles. The molecule has 178 valence electrons. The molecular formula is C30H27ClFNO2. The third-order valence-electron chi connectivity index (χ3n) is 6.58. The highest BCUT2D eigenvalue weighted by molar-refractivity contribution is 6.32. The third kappa shape index (κ3) is 5.10. The maximum atomic E-state index is 15.5. The Morgan fingerprint density at radius 1 is 0.914 bits per heavy atom. The van der Waals surface area contributed by atoms with Crippen molar-refractivity contribution in [3.8, 4) is 5.75 Å². The second kappa shape index (κ2) is 10.6. The van der Waals surface area contributed by atoms with Gasteiger partial charge in [0.15, 0.2) is 5.82 Å². The highest BCUT2D eigenvalue weighted by atomic mass is 35.5. The third-order valence-corrected chi connectivity index (χ3v) is 6.93. The van der Waals surface area contributed by atoms with Crippen molar-refractivity contribution in [2.24, 2.45) is 0 Å². The Hall–Kier alpha value is -3.18. The molecule has 0 aliphatic heterocycles. The summed E-state index contributed by atoms with van der Waals surface area (Å²) < 4.78 is 21.3. The minimum Gasteiger partial charge on any atom is -0.487 e. The van der Waals surface area contributed by atoms with Crippen molar-refractivity contribution in [2.75, 3.05) is 0 Å². The first-order valence-corrected chi connectivity index (χ1v) is 12.2. The summed E-state index contributed by atoms with van der Waals surface area (Å²) in [5.74, 6) is -0.306. The van der Waals surface area contributed by atoms with Gasteiger partial charge in [-0.3, -0.25) is 0 Å². The van der Waals surface area contributed by atoms with Gasteiger partial charge in [-0.2, -0.15) is 0 Å². The molecule has 1 aliphatic rings. The molecule has 0 saturated heterocycles. The zero-order chi connectivity index (χ0) is 24.2. The van der Waals surface area contributed by atoms with Crippen molar-refractivity contribution in [2.45, 2.75) is 37.6 Å². The van der Waals surface area contributed by atoms with Crippen LogP contribution in [0.5, 0.6) is 5.75 Å². The average molecular weight is 488 g/mol. The number of hydrogen-bond acceptors (Lipinski definition) is 3. The molecule has 0 aromatic heterocycles. The summed E-state index contributed by atoms with van der Waals surface area (Å²) in [7, 11) is 0. The SMILES string of the molecule is O[C@@H]1c2c(cc(OCc3ccccc3)c(Cl)c2F)CC[C@H]1NC(c1ccccc1)c1ccccc1. The molecule has 2 atom stereocenters. The Kier molecular flexibility index (Phi) is 7.14. The summed E-state index contributed by atoms with van der Waals surface area (Å²) in [6, 6.07) is 31.1. The van der Waals surface area contributed by atoms with Gasteiger partial charge < -0.3 is 15.2 Å². The number of benzene rings is 4. The monoisotopic (exact) mass is 487 g/mol. The lowest BCUT2D eigenvalue weighted by atomic mass is 9.84. The van der Waals surface area contributed by atoms with Crippen LogP contribution in [-0.2, 0) is 13.0 Å². The predicted molar refractivity (Wildman–Crippen MR) is 137 cm³/mol. The molecule has 0 amide bonds. The van der Waals surface area contributed by atoms with Crippen LogP contribution in [0.1, 0.15) is 46.4 Å². The second-order valence-corrected chi connectivity index (χ2v) is 9.24. The fourth-order valence-electron chi connectivity index (χ4n) is 4.77. The van der Waals surface area contributed by atoms with Crippen molar-refractivity contribution < 1.29 is 14.2 Å². The number of aliphatic hydroxyl groups is 1. The molecule has 1 aliphatic carbocycles. The van der Waals surface area contributed by atoms with Gasteiger partial charge in [0.05, 0.1) is 12.1 Å². The van der Waals surface area contributed by atoms with Gasteiger partial charge in [0.1, 0.15) is 17.4 Å². The molecule has 35 heavy (non-hydrogen) atoms. The van der Waals surface area contributed by atoms with Gasteiger partial charge in [-0.25, -0.2) is 4.39 Å². The van der Waals surface area contributed by atoms with E-state index < -0.39 is 11.9 Å². The Morgan fingerprint density at radius 2 is 1.49 bits per heavy atom. The number of ether oxygens (including phenoxy) is 1. The van der Waals surface area contributed by atoms with E-state index in [9.17, 15) is 5.11 Å². The Balaban J connectivity index is 1.40. The van der Waals surface area contributed by atoms with Crippen LogP contribution in [0.4, 0.5) is 4.39 Å². The number of nitrogens with one attached hydrogen (secondary N) is 1. The first-order chi connectivity index (χ1) is 17.1. The minimum atomic E-state index is -1.03. The van der Waals surface area contributed by atoms with Crippen LogP contribution in [0.2, 0.25) is 5.02 Å². The Morgan fingerprint density at radius 3 is 2.09 bits per heavy atom. The number of aliphatic hydroxyl groups excluding tert-OH is 1. The van der Waals surface area contributed by atoms with Crippen molar-refractivity contribution in [3.63, 3.8) is 0 Å². The molecule has 5 heteroatoms. The van der Waals surface area contributed by atoms with Crippen LogP contribution in [0.25, 0.3) is 0 Å². The lowest BCUT2D eigenvalue weighted by molar-refractivity contribution is 0.106. The number of halogens is 2. The summed E-state index contributed by atoms with van der Waals surface area (Å²) in [6.07, 6.45) is 0.231. The lowest BCUT2D eigenvalue weighted by Gasteiger charge is -2.35. The van der Waals surface area contributed by atoms with Crippen LogP contribution < -0.4 is 10.1 Å². The van der Waals surface area contributed by atoms with Crippen molar-refractivity contribution in [1.29, 1.82) is 0 Å². The second-order valence-electron chi connectivity index (χ2n) is 8.86. The first-order valence-electron chi connectivity index (χ1n) is 11.8. The summed E-state index contributed by atoms with van der Waals surface area (Å²) in [5, 5.41) is 14.8. The molecule has 0 radical (unpaired) electrons. The van der Waals surface area contributed by atoms with Gasteiger partial charge >= 0.3 is 0 Å². The Labute approximate surface area is 210 Å². The Bertz CT molecular complexity index is 1230. The normalized spacial score (nSPS) is 17.3. The van der Waals surface area contributed by atoms with E-state index in [0.717, 1.165) is 22.3 Å². The van der Waals surface area contributed by atoms with E-state index in [2.05, 4.69) is 29.6 Å². The quantitative estimate of drug-likeness (QED) is 0.301. The van der Waals surface area contributed by atoms with Gasteiger partial charge in [-0.15, -0.1) is 0 Å². The molecule has 0 bridgehead atoms. The number of hydrogen-bond donors (Lipinski definition) is 2. The molecule has 3 nitrogen and oxygen atoms in total. The smallest absolute Gasteiger partial charge is 0.151 e. The van der Waals surface area contributed by atoms with Crippen LogP contribution in [-0.4, -0.2) is 11.1 Å². The van der Waals surface area contributed by atoms with Gasteiger partial charge in [0.25, 0.3) is 0 Å². The maximum Gasteiger partial charge on any atom is 0.151 e. The molecule has 5 rings (SSSR count). The summed E-state index contributed by atoms with van der Waals surface area (Å²) in [4.78, 5) is 0. The molecule has 0 saturated carbocycles. The zero-order valence-corrected chi connectivity index (χ0v) is 20.0. The summed E-state index contributed by atoms with van der Waals surface area (Å²) in [6.45, 7) is 0.293. The van der Waals surface area contributed by atoms with E-state index >= 15 is 4.39 Å². The van der Waals surface area contributed by atoms with Gasteiger partial charge in [-0.1, -0.05) is 103 Å². The minimum absolute atomic E-state index is 0.0953. The molecule has 0 spiro atoms. The summed E-state index contributed by atoms with van der Waals surface area (Å²) in [5.41, 5.74) is 4.13. The van der Waals surface area contributed by atoms with Gasteiger partial charge in [0.2, 0.25) is 0 Å². The van der Waals surface area contributed by atoms with Crippen LogP contribution in [0, 0.1) is 5.82 Å². The van der Waals surface area contributed by atoms with E-state index in [4.69, 9.17) is 16.3 Å². The summed E-state index contributed by atoms with van der Waals surface area (Å²) >= 11 is 6.38. The molecule has 0 fully saturated rings. The topological polar surface area (TPSA) is 41.5 Å². The zero-order valence-electron chi connectivity index (χ0n) is 19.2. The number of aryl methyl sites for hydroxylation is 1. The highest BCUT2D eigenvalue weighted by Crippen LogP contribution is 2.41. The highest BCUT2D eigenvalue weighted by Gasteiger charge is 2.34. The van der Waals surface area contributed by atoms with Crippen molar-refractivity contribution in [1.82, 2.24) is 5.32 Å². The molecule has 2 N–H and O–H groups in total. The molecule has 0 unspecified atom stereocenters. The van der Waals surface area contributed by atoms with Crippen LogP contribution in [0.3, 0.4) is 0 Å². The van der Waals surface area contributed by atoms with E-state index in [-0.39, 0.29) is 22.7 Å². The lowest BCUT2D eigenvalue weighted by Crippen LogP contribution is -2.41. The molecular weight excluding hydrogens is 461 g/mol. The largest absolute Gasteiger partial charge is 0.487 e. The number of rotatable bonds is 7.